The van der Waals surface area contributed by atoms with Gasteiger partial charge in [0.25, 0.3) is 0 Å². The van der Waals surface area contributed by atoms with Crippen LogP contribution in [0.15, 0.2) is 47.5 Å². The number of halogens is 3. The first-order valence-electron chi connectivity index (χ1n) is 7.39. The fourth-order valence-electron chi connectivity index (χ4n) is 2.43. The number of rotatable bonds is 2. The normalized spacial score (nSPS) is 13.5. The molecule has 124 valence electrons. The summed E-state index contributed by atoms with van der Waals surface area (Å²) >= 11 is 11.9. The highest BCUT2D eigenvalue weighted by Crippen LogP contribution is 2.26. The van der Waals surface area contributed by atoms with E-state index >= 15 is 0 Å². The van der Waals surface area contributed by atoms with Gasteiger partial charge in [-0.1, -0.05) is 23.2 Å². The van der Waals surface area contributed by atoms with Gasteiger partial charge in [0, 0.05) is 18.7 Å². The van der Waals surface area contributed by atoms with Gasteiger partial charge in [0.1, 0.15) is 11.7 Å². The predicted molar refractivity (Wildman–Crippen MR) is 95.9 cm³/mol. The van der Waals surface area contributed by atoms with Crippen molar-refractivity contribution in [1.82, 2.24) is 0 Å². The molecule has 0 aromatic heterocycles. The van der Waals surface area contributed by atoms with Crippen LogP contribution in [-0.2, 0) is 0 Å². The smallest absolute Gasteiger partial charge is 0.307 e. The predicted octanol–water partition coefficient (Wildman–Crippen LogP) is 5.36. The fourth-order valence-corrected chi connectivity index (χ4v) is 2.73. The highest BCUT2D eigenvalue weighted by Gasteiger charge is 2.24. The average Bonchev–Trinajstić information content (AvgIpc) is 3.07. The third-order valence-electron chi connectivity index (χ3n) is 3.57. The Morgan fingerprint density at radius 2 is 1.88 bits per heavy atom. The number of aliphatic imine (C=N–C) groups is 1. The zero-order valence-corrected chi connectivity index (χ0v) is 14.1. The maximum absolute atomic E-state index is 13.2. The van der Waals surface area contributed by atoms with Crippen LogP contribution in [0.5, 0.6) is 0 Å². The summed E-state index contributed by atoms with van der Waals surface area (Å²) < 4.78 is 13.2. The van der Waals surface area contributed by atoms with E-state index in [-0.39, 0.29) is 11.8 Å². The largest absolute Gasteiger partial charge is 0.331 e. The molecule has 1 N–H and O–H groups in total. The van der Waals surface area contributed by atoms with Gasteiger partial charge in [-0.2, -0.15) is 0 Å². The molecular weight excluding hydrogens is 352 g/mol. The third-order valence-corrected chi connectivity index (χ3v) is 4.31. The third kappa shape index (κ3) is 3.68. The summed E-state index contributed by atoms with van der Waals surface area (Å²) in [6, 6.07) is 10.2. The molecule has 0 aliphatic carbocycles. The lowest BCUT2D eigenvalue weighted by atomic mass is 10.2. The highest BCUT2D eigenvalue weighted by molar-refractivity contribution is 6.42. The van der Waals surface area contributed by atoms with Gasteiger partial charge in [0.2, 0.25) is 0 Å². The minimum Gasteiger partial charge on any atom is -0.307 e. The van der Waals surface area contributed by atoms with Crippen molar-refractivity contribution in [3.63, 3.8) is 0 Å². The molecule has 1 aliphatic rings. The lowest BCUT2D eigenvalue weighted by Gasteiger charge is -2.23. The second kappa shape index (κ2) is 7.20. The van der Waals surface area contributed by atoms with Crippen LogP contribution in [0.3, 0.4) is 0 Å². The van der Waals surface area contributed by atoms with Crippen LogP contribution < -0.4 is 10.2 Å². The van der Waals surface area contributed by atoms with E-state index in [0.717, 1.165) is 6.42 Å². The number of nitrogens with one attached hydrogen (secondary N) is 1. The minimum absolute atomic E-state index is 0.348. The van der Waals surface area contributed by atoms with Crippen molar-refractivity contribution in [2.75, 3.05) is 16.8 Å². The first-order valence-corrected chi connectivity index (χ1v) is 8.15. The summed E-state index contributed by atoms with van der Waals surface area (Å²) in [6.45, 7) is 0.674. The van der Waals surface area contributed by atoms with Gasteiger partial charge < -0.3 is 5.32 Å². The first-order chi connectivity index (χ1) is 11.5. The Morgan fingerprint density at radius 1 is 1.12 bits per heavy atom. The number of amides is 2. The van der Waals surface area contributed by atoms with Crippen molar-refractivity contribution in [3.8, 4) is 0 Å². The van der Waals surface area contributed by atoms with E-state index in [1.807, 2.05) is 0 Å². The lowest BCUT2D eigenvalue weighted by Crippen LogP contribution is -2.39. The van der Waals surface area contributed by atoms with Gasteiger partial charge in [-0.3, -0.25) is 9.89 Å². The summed E-state index contributed by atoms with van der Waals surface area (Å²) in [5, 5.41) is 3.53. The van der Waals surface area contributed by atoms with Crippen LogP contribution in [0.1, 0.15) is 12.8 Å². The number of hydrogen-bond donors (Lipinski definition) is 1. The number of hydrogen-bond acceptors (Lipinski definition) is 2. The molecule has 4 nitrogen and oxygen atoms in total. The van der Waals surface area contributed by atoms with Crippen molar-refractivity contribution in [3.05, 3.63) is 58.3 Å². The maximum Gasteiger partial charge on any atom is 0.331 e. The lowest BCUT2D eigenvalue weighted by molar-refractivity contribution is 0.259. The molecule has 2 aromatic rings. The number of carbonyl (C=O) groups is 1. The van der Waals surface area contributed by atoms with Crippen LogP contribution in [0.4, 0.5) is 20.6 Å². The van der Waals surface area contributed by atoms with E-state index in [1.165, 1.54) is 17.0 Å². The number of benzene rings is 2. The second-order valence-corrected chi connectivity index (χ2v) is 6.09. The molecule has 0 bridgehead atoms. The molecule has 3 rings (SSSR count). The Bertz CT molecular complexity index is 793. The van der Waals surface area contributed by atoms with Crippen molar-refractivity contribution >= 4 is 46.4 Å². The van der Waals surface area contributed by atoms with E-state index in [2.05, 4.69) is 10.3 Å². The molecular formula is C17H14Cl2FN3O. The molecule has 0 unspecified atom stereocenters. The Kier molecular flexibility index (Phi) is 5.02. The van der Waals surface area contributed by atoms with Gasteiger partial charge in [-0.15, -0.1) is 0 Å². The molecule has 0 fully saturated rings. The number of anilines is 2. The summed E-state index contributed by atoms with van der Waals surface area (Å²) in [4.78, 5) is 18.6. The Hall–Kier alpha value is -2.11. The summed E-state index contributed by atoms with van der Waals surface area (Å²) in [5.41, 5.74) is 1.06. The van der Waals surface area contributed by atoms with Gasteiger partial charge >= 0.3 is 6.03 Å². The Labute approximate surface area is 148 Å². The van der Waals surface area contributed by atoms with Crippen LogP contribution in [0, 0.1) is 5.82 Å². The van der Waals surface area contributed by atoms with Crippen molar-refractivity contribution in [2.45, 2.75) is 12.8 Å². The standard InChI is InChI=1S/C17H14Cl2FN3O/c18-14-8-5-12(10-15(14)19)22-17(24)23(16-2-1-9-21-16)13-6-3-11(20)4-7-13/h3-8,10H,1-2,9H2,(H,22,24). The molecule has 0 saturated carbocycles. The molecule has 24 heavy (non-hydrogen) atoms. The number of nitrogens with zero attached hydrogens (tertiary/aromatic N) is 2. The van der Waals surface area contributed by atoms with Gasteiger partial charge in [0.05, 0.1) is 15.7 Å². The SMILES string of the molecule is O=C(Nc1ccc(Cl)c(Cl)c1)N(C1=NCCC1)c1ccc(F)cc1. The zero-order chi connectivity index (χ0) is 17.1. The first kappa shape index (κ1) is 16.7. The molecule has 1 aliphatic heterocycles. The second-order valence-electron chi connectivity index (χ2n) is 5.27. The maximum atomic E-state index is 13.2. The molecule has 2 amide bonds. The van der Waals surface area contributed by atoms with E-state index in [4.69, 9.17) is 23.2 Å². The number of amidine groups is 1. The van der Waals surface area contributed by atoms with Crippen LogP contribution in [-0.4, -0.2) is 18.4 Å². The molecule has 7 heteroatoms. The fraction of sp³-hybridized carbons (Fsp3) is 0.176. The molecule has 0 saturated heterocycles. The summed E-state index contributed by atoms with van der Waals surface area (Å²) in [7, 11) is 0. The molecule has 0 atom stereocenters. The quantitative estimate of drug-likeness (QED) is 0.764. The molecule has 2 aromatic carbocycles. The van der Waals surface area contributed by atoms with Crippen molar-refractivity contribution in [1.29, 1.82) is 0 Å². The van der Waals surface area contributed by atoms with Gasteiger partial charge in [-0.05, 0) is 48.9 Å². The molecule has 0 radical (unpaired) electrons. The number of urea groups is 1. The molecule has 0 spiro atoms. The van der Waals surface area contributed by atoms with E-state index in [9.17, 15) is 9.18 Å². The average molecular weight is 366 g/mol. The Morgan fingerprint density at radius 3 is 2.50 bits per heavy atom. The van der Waals surface area contributed by atoms with Crippen molar-refractivity contribution < 1.29 is 9.18 Å². The zero-order valence-electron chi connectivity index (χ0n) is 12.6. The van der Waals surface area contributed by atoms with Crippen molar-refractivity contribution in [2.24, 2.45) is 4.99 Å². The van der Waals surface area contributed by atoms with Crippen LogP contribution >= 0.6 is 23.2 Å². The monoisotopic (exact) mass is 365 g/mol. The van der Waals surface area contributed by atoms with Crippen LogP contribution in [0.25, 0.3) is 0 Å². The molecule has 1 heterocycles. The highest BCUT2D eigenvalue weighted by atomic mass is 35.5. The van der Waals surface area contributed by atoms with E-state index in [0.29, 0.717) is 40.2 Å². The van der Waals surface area contributed by atoms with E-state index < -0.39 is 0 Å². The van der Waals surface area contributed by atoms with Gasteiger partial charge in [0.15, 0.2) is 0 Å². The topological polar surface area (TPSA) is 44.7 Å². The summed E-state index contributed by atoms with van der Waals surface area (Å²) in [5.74, 6) is 0.288. The van der Waals surface area contributed by atoms with Crippen LogP contribution in [0.2, 0.25) is 10.0 Å². The van der Waals surface area contributed by atoms with Gasteiger partial charge in [-0.25, -0.2) is 9.18 Å². The summed E-state index contributed by atoms with van der Waals surface area (Å²) in [6.07, 6.45) is 1.57. The minimum atomic E-state index is -0.388. The number of carbonyl (C=O) groups excluding carboxylic acids is 1. The van der Waals surface area contributed by atoms with E-state index in [1.54, 1.807) is 30.3 Å². The Balaban J connectivity index is 1.88.